The van der Waals surface area contributed by atoms with E-state index in [2.05, 4.69) is 5.32 Å². The van der Waals surface area contributed by atoms with Crippen LogP contribution in [0.4, 0.5) is 0 Å². The van der Waals surface area contributed by atoms with Crippen molar-refractivity contribution in [3.05, 3.63) is 0 Å². The van der Waals surface area contributed by atoms with E-state index in [4.69, 9.17) is 4.74 Å². The van der Waals surface area contributed by atoms with Crippen LogP contribution in [0.1, 0.15) is 51.4 Å². The van der Waals surface area contributed by atoms with Crippen LogP contribution < -0.4 is 5.32 Å². The predicted molar refractivity (Wildman–Crippen MR) is 84.3 cm³/mol. The Morgan fingerprint density at radius 2 is 1.86 bits per heavy atom. The summed E-state index contributed by atoms with van der Waals surface area (Å²) < 4.78 is 5.44. The van der Waals surface area contributed by atoms with Gasteiger partial charge in [0.25, 0.3) is 0 Å². The van der Waals surface area contributed by atoms with Crippen molar-refractivity contribution in [3.63, 3.8) is 0 Å². The highest BCUT2D eigenvalue weighted by atomic mass is 32.2. The van der Waals surface area contributed by atoms with Crippen LogP contribution in [0.2, 0.25) is 0 Å². The largest absolute Gasteiger partial charge is 0.382 e. The number of methoxy groups -OCH3 is 1. The molecule has 1 aliphatic heterocycles. The third kappa shape index (κ3) is 3.40. The number of fused-ring (bicyclic) bond motifs is 1. The molecule has 1 saturated heterocycles. The molecule has 0 aromatic rings. The Kier molecular flexibility index (Phi) is 5.12. The summed E-state index contributed by atoms with van der Waals surface area (Å²) >= 11 is 1.89. The van der Waals surface area contributed by atoms with Gasteiger partial charge in [0.1, 0.15) is 6.10 Å². The molecule has 3 rings (SSSR count). The van der Waals surface area contributed by atoms with E-state index >= 15 is 0 Å². The van der Waals surface area contributed by atoms with Gasteiger partial charge >= 0.3 is 0 Å². The van der Waals surface area contributed by atoms with Gasteiger partial charge in [-0.3, -0.25) is 4.79 Å². The van der Waals surface area contributed by atoms with Gasteiger partial charge in [-0.25, -0.2) is 0 Å². The van der Waals surface area contributed by atoms with Crippen molar-refractivity contribution in [2.24, 2.45) is 5.92 Å². The molecule has 3 fully saturated rings. The molecule has 4 nitrogen and oxygen atoms in total. The minimum absolute atomic E-state index is 0.0657. The first kappa shape index (κ1) is 15.6. The quantitative estimate of drug-likeness (QED) is 0.819. The molecule has 2 saturated carbocycles. The average molecular weight is 313 g/mol. The third-order valence-electron chi connectivity index (χ3n) is 5.46. The van der Waals surface area contributed by atoms with Crippen LogP contribution in [0.15, 0.2) is 0 Å². The summed E-state index contributed by atoms with van der Waals surface area (Å²) in [5.74, 6) is 0.304. The van der Waals surface area contributed by atoms with E-state index in [1.807, 2.05) is 11.8 Å². The number of rotatable bonds is 2. The Morgan fingerprint density at radius 3 is 2.57 bits per heavy atom. The molecule has 0 aromatic heterocycles. The second kappa shape index (κ2) is 6.88. The highest BCUT2D eigenvalue weighted by Gasteiger charge is 2.42. The highest BCUT2D eigenvalue weighted by molar-refractivity contribution is 8.00. The topological polar surface area (TPSA) is 58.6 Å². The van der Waals surface area contributed by atoms with Crippen LogP contribution in [0.25, 0.3) is 0 Å². The Hall–Kier alpha value is -0.260. The van der Waals surface area contributed by atoms with E-state index in [1.165, 1.54) is 19.3 Å². The molecule has 4 atom stereocenters. The number of carbonyl (C=O) groups is 1. The fourth-order valence-electron chi connectivity index (χ4n) is 4.14. The standard InChI is InChI=1S/C16H27NO3S/c1-20-11-8-6-10(7-9-11)15-14(18)16(19)17-12-4-2-3-5-13(12)21-15/h10-15,18H,2-9H2,1H3,(H,17,19)/t10?,11?,12?,13?,14-,15+/m1/s1. The Bertz CT molecular complexity index is 371. The molecule has 21 heavy (non-hydrogen) atoms. The lowest BCUT2D eigenvalue weighted by Crippen LogP contribution is -2.46. The zero-order chi connectivity index (χ0) is 14.8. The fraction of sp³-hybridized carbons (Fsp3) is 0.938. The van der Waals surface area contributed by atoms with Crippen molar-refractivity contribution in [2.75, 3.05) is 7.11 Å². The number of carbonyl (C=O) groups excluding carboxylic acids is 1. The maximum atomic E-state index is 12.2. The summed E-state index contributed by atoms with van der Waals surface area (Å²) in [6.45, 7) is 0. The van der Waals surface area contributed by atoms with Gasteiger partial charge < -0.3 is 15.2 Å². The van der Waals surface area contributed by atoms with Gasteiger partial charge in [0.05, 0.1) is 6.10 Å². The highest BCUT2D eigenvalue weighted by Crippen LogP contribution is 2.42. The lowest BCUT2D eigenvalue weighted by molar-refractivity contribution is -0.130. The molecule has 0 bridgehead atoms. The van der Waals surface area contributed by atoms with Crippen LogP contribution in [0.5, 0.6) is 0 Å². The van der Waals surface area contributed by atoms with Crippen LogP contribution in [0.3, 0.4) is 0 Å². The fourth-order valence-corrected chi connectivity index (χ4v) is 6.01. The van der Waals surface area contributed by atoms with Gasteiger partial charge in [0.15, 0.2) is 0 Å². The second-order valence-corrected chi connectivity index (χ2v) is 8.18. The number of ether oxygens (including phenoxy) is 1. The number of amides is 1. The molecule has 3 aliphatic rings. The normalized spacial score (nSPS) is 44.6. The van der Waals surface area contributed by atoms with Crippen molar-refractivity contribution < 1.29 is 14.6 Å². The number of aliphatic hydroxyl groups excluding tert-OH is 1. The SMILES string of the molecule is COC1CCC([C@@H]2SC3CCCCC3NC(=O)[C@@H]2O)CC1. The van der Waals surface area contributed by atoms with Crippen molar-refractivity contribution in [1.82, 2.24) is 5.32 Å². The van der Waals surface area contributed by atoms with Gasteiger partial charge in [-0.1, -0.05) is 12.8 Å². The summed E-state index contributed by atoms with van der Waals surface area (Å²) in [6.07, 6.45) is 8.46. The van der Waals surface area contributed by atoms with Crippen molar-refractivity contribution in [1.29, 1.82) is 0 Å². The molecule has 0 aromatic carbocycles. The van der Waals surface area contributed by atoms with Crippen LogP contribution >= 0.6 is 11.8 Å². The molecule has 0 radical (unpaired) electrons. The number of hydrogen-bond acceptors (Lipinski definition) is 4. The molecule has 120 valence electrons. The first-order valence-corrected chi connectivity index (χ1v) is 9.30. The average Bonchev–Trinajstić information content (AvgIpc) is 2.65. The monoisotopic (exact) mass is 313 g/mol. The maximum Gasteiger partial charge on any atom is 0.250 e. The van der Waals surface area contributed by atoms with Crippen molar-refractivity contribution >= 4 is 17.7 Å². The smallest absolute Gasteiger partial charge is 0.250 e. The Morgan fingerprint density at radius 1 is 1.14 bits per heavy atom. The van der Waals surface area contributed by atoms with Gasteiger partial charge in [-0.15, -0.1) is 11.8 Å². The summed E-state index contributed by atoms with van der Waals surface area (Å²) in [6, 6.07) is 0.270. The van der Waals surface area contributed by atoms with E-state index in [9.17, 15) is 9.90 Å². The number of nitrogens with one attached hydrogen (secondary N) is 1. The third-order valence-corrected chi connectivity index (χ3v) is 7.33. The number of thioether (sulfide) groups is 1. The van der Waals surface area contributed by atoms with Crippen LogP contribution in [-0.4, -0.2) is 46.9 Å². The zero-order valence-electron chi connectivity index (χ0n) is 12.8. The van der Waals surface area contributed by atoms with Gasteiger partial charge in [0, 0.05) is 23.7 Å². The lowest BCUT2D eigenvalue weighted by atomic mass is 9.83. The predicted octanol–water partition coefficient (Wildman–Crippen LogP) is 2.10. The minimum atomic E-state index is -0.843. The zero-order valence-corrected chi connectivity index (χ0v) is 13.6. The van der Waals surface area contributed by atoms with E-state index in [-0.39, 0.29) is 17.2 Å². The summed E-state index contributed by atoms with van der Waals surface area (Å²) in [5, 5.41) is 14.1. The van der Waals surface area contributed by atoms with Crippen molar-refractivity contribution in [2.45, 2.75) is 80.1 Å². The number of hydrogen-bond donors (Lipinski definition) is 2. The minimum Gasteiger partial charge on any atom is -0.382 e. The van der Waals surface area contributed by atoms with Crippen LogP contribution in [0, 0.1) is 5.92 Å². The molecule has 5 heteroatoms. The molecule has 1 amide bonds. The van der Waals surface area contributed by atoms with Crippen molar-refractivity contribution in [3.8, 4) is 0 Å². The Balaban J connectivity index is 1.69. The summed E-state index contributed by atoms with van der Waals surface area (Å²) in [7, 11) is 1.78. The molecule has 2 aliphatic carbocycles. The van der Waals surface area contributed by atoms with Gasteiger partial charge in [0.2, 0.25) is 5.91 Å². The maximum absolute atomic E-state index is 12.2. The molecular formula is C16H27NO3S. The van der Waals surface area contributed by atoms with E-state index in [0.29, 0.717) is 17.3 Å². The summed E-state index contributed by atoms with van der Waals surface area (Å²) in [4.78, 5) is 12.2. The first-order valence-electron chi connectivity index (χ1n) is 8.35. The molecular weight excluding hydrogens is 286 g/mol. The van der Waals surface area contributed by atoms with E-state index in [0.717, 1.165) is 32.1 Å². The lowest BCUT2D eigenvalue weighted by Gasteiger charge is -2.36. The first-order chi connectivity index (χ1) is 10.2. The van der Waals surface area contributed by atoms with E-state index in [1.54, 1.807) is 7.11 Å². The van der Waals surface area contributed by atoms with Gasteiger partial charge in [-0.05, 0) is 44.4 Å². The molecule has 1 heterocycles. The van der Waals surface area contributed by atoms with E-state index < -0.39 is 6.10 Å². The Labute approximate surface area is 131 Å². The summed E-state index contributed by atoms with van der Waals surface area (Å²) in [5.41, 5.74) is 0. The molecule has 0 spiro atoms. The second-order valence-electron chi connectivity index (χ2n) is 6.76. The molecule has 2 N–H and O–H groups in total. The van der Waals surface area contributed by atoms with Gasteiger partial charge in [-0.2, -0.15) is 0 Å². The number of aliphatic hydroxyl groups is 1. The van der Waals surface area contributed by atoms with Crippen LogP contribution in [-0.2, 0) is 9.53 Å². The molecule has 2 unspecified atom stereocenters.